The molecule has 9 heteroatoms. The SMILES string of the molecule is c1ccc(-c2ccc3c(c2)c2cc(-c4cc(-c5ccccc5)nc(-c5ccccc5)c4)ccc2n3-c2c(-c3nc(-c4ccccc4)nc(-c4ccccc4)n3)cc(-c3nc(-c4ccccc4)nc(-c4ccccc4)n3)cc2-n2c3ccccc3c3ccccc32)cc1. The lowest BCUT2D eigenvalue weighted by Gasteiger charge is -2.22. The maximum atomic E-state index is 5.61. The minimum atomic E-state index is 0.461. The van der Waals surface area contributed by atoms with Gasteiger partial charge in [-0.2, -0.15) is 0 Å². The molecule has 0 spiro atoms. The van der Waals surface area contributed by atoms with Gasteiger partial charge in [0.1, 0.15) is 0 Å². The van der Waals surface area contributed by atoms with Gasteiger partial charge in [-0.1, -0.05) is 261 Å². The fraction of sp³-hybridized carbons (Fsp3) is 0. The lowest BCUT2D eigenvalue weighted by atomic mass is 9.98. The summed E-state index contributed by atoms with van der Waals surface area (Å²) in [6.07, 6.45) is 0. The van der Waals surface area contributed by atoms with Crippen molar-refractivity contribution in [2.24, 2.45) is 0 Å². The molecule has 0 unspecified atom stereocenters. The van der Waals surface area contributed by atoms with Crippen LogP contribution in [0.25, 0.3) is 168 Å². The van der Waals surface area contributed by atoms with Crippen molar-refractivity contribution in [1.82, 2.24) is 44.0 Å². The van der Waals surface area contributed by atoms with Gasteiger partial charge >= 0.3 is 0 Å². The summed E-state index contributed by atoms with van der Waals surface area (Å²) >= 11 is 0. The van der Waals surface area contributed by atoms with E-state index in [9.17, 15) is 0 Å². The molecular weight excluding hydrogens is 1120 g/mol. The van der Waals surface area contributed by atoms with Gasteiger partial charge in [0.15, 0.2) is 34.9 Å². The zero-order valence-electron chi connectivity index (χ0n) is 49.6. The van der Waals surface area contributed by atoms with Gasteiger partial charge in [0, 0.05) is 66.1 Å². The molecule has 0 aliphatic rings. The molecule has 0 amide bonds. The normalized spacial score (nSPS) is 11.5. The minimum Gasteiger partial charge on any atom is -0.307 e. The predicted molar refractivity (Wildman–Crippen MR) is 374 cm³/mol. The van der Waals surface area contributed by atoms with Crippen LogP contribution in [0.5, 0.6) is 0 Å². The Hall–Kier alpha value is -12.6. The Labute approximate surface area is 530 Å². The quantitative estimate of drug-likeness (QED) is 0.120. The third-order valence-corrected chi connectivity index (χ3v) is 17.2. The smallest absolute Gasteiger partial charge is 0.166 e. The van der Waals surface area contributed by atoms with Crippen LogP contribution in [0.15, 0.2) is 322 Å². The van der Waals surface area contributed by atoms with Crippen LogP contribution in [0.2, 0.25) is 0 Å². The number of benzene rings is 12. The molecule has 5 heterocycles. The first kappa shape index (κ1) is 53.6. The Bertz CT molecular complexity index is 5380. The highest BCUT2D eigenvalue weighted by molar-refractivity contribution is 6.14. The number of para-hydroxylation sites is 2. The Balaban J connectivity index is 1.03. The second-order valence-electron chi connectivity index (χ2n) is 22.9. The van der Waals surface area contributed by atoms with Crippen LogP contribution >= 0.6 is 0 Å². The van der Waals surface area contributed by atoms with Crippen molar-refractivity contribution in [2.75, 3.05) is 0 Å². The zero-order chi connectivity index (χ0) is 60.9. The van der Waals surface area contributed by atoms with E-state index in [0.29, 0.717) is 34.9 Å². The van der Waals surface area contributed by atoms with Crippen LogP contribution in [0, 0.1) is 0 Å². The van der Waals surface area contributed by atoms with Gasteiger partial charge in [0.25, 0.3) is 0 Å². The van der Waals surface area contributed by atoms with Gasteiger partial charge in [-0.25, -0.2) is 34.9 Å². The molecule has 0 radical (unpaired) electrons. The van der Waals surface area contributed by atoms with E-state index in [-0.39, 0.29) is 0 Å². The third-order valence-electron chi connectivity index (χ3n) is 17.2. The molecule has 17 rings (SSSR count). The zero-order valence-corrected chi connectivity index (χ0v) is 49.6. The number of hydrogen-bond donors (Lipinski definition) is 0. The summed E-state index contributed by atoms with van der Waals surface area (Å²) in [5.41, 5.74) is 18.8. The van der Waals surface area contributed by atoms with Crippen LogP contribution < -0.4 is 0 Å². The molecule has 0 atom stereocenters. The topological polar surface area (TPSA) is 100 Å². The Kier molecular flexibility index (Phi) is 13.3. The minimum absolute atomic E-state index is 0.461. The van der Waals surface area contributed by atoms with Crippen molar-refractivity contribution in [3.8, 4) is 124 Å². The summed E-state index contributed by atoms with van der Waals surface area (Å²) in [5, 5.41) is 4.34. The Morgan fingerprint density at radius 2 is 0.511 bits per heavy atom. The van der Waals surface area contributed by atoms with Gasteiger partial charge in [-0.3, -0.25) is 0 Å². The molecule has 0 bridgehead atoms. The Morgan fingerprint density at radius 3 is 0.924 bits per heavy atom. The molecule has 0 aliphatic heterocycles. The van der Waals surface area contributed by atoms with Gasteiger partial charge in [-0.15, -0.1) is 0 Å². The van der Waals surface area contributed by atoms with Crippen molar-refractivity contribution in [2.45, 2.75) is 0 Å². The van der Waals surface area contributed by atoms with Crippen LogP contribution in [-0.4, -0.2) is 44.0 Å². The van der Waals surface area contributed by atoms with Crippen LogP contribution in [-0.2, 0) is 0 Å². The highest BCUT2D eigenvalue weighted by Crippen LogP contribution is 2.46. The van der Waals surface area contributed by atoms with Crippen molar-refractivity contribution >= 4 is 43.6 Å². The molecule has 0 aliphatic carbocycles. The summed E-state index contributed by atoms with van der Waals surface area (Å²) in [4.78, 5) is 37.9. The number of aromatic nitrogens is 9. The van der Waals surface area contributed by atoms with Crippen molar-refractivity contribution < 1.29 is 0 Å². The summed E-state index contributed by atoms with van der Waals surface area (Å²) in [5.74, 6) is 3.10. The molecule has 9 nitrogen and oxygen atoms in total. The van der Waals surface area contributed by atoms with Crippen LogP contribution in [0.4, 0.5) is 0 Å². The fourth-order valence-electron chi connectivity index (χ4n) is 12.8. The molecule has 430 valence electrons. The molecule has 92 heavy (non-hydrogen) atoms. The molecule has 0 saturated heterocycles. The van der Waals surface area contributed by atoms with Crippen LogP contribution in [0.3, 0.4) is 0 Å². The second kappa shape index (κ2) is 22.8. The van der Waals surface area contributed by atoms with Crippen molar-refractivity contribution in [1.29, 1.82) is 0 Å². The monoisotopic (exact) mass is 1180 g/mol. The van der Waals surface area contributed by atoms with E-state index < -0.39 is 0 Å². The molecule has 5 aromatic heterocycles. The molecule has 17 aromatic rings. The standard InChI is InChI=1S/C83H53N9/c1-8-26-54(27-9-1)61-44-46-74-67(48-61)68-49-62(63-51-70(55-28-10-2-11-29-55)84-71(52-63)56-30-12-3-13-31-56)45-47-75(68)92(74)77-69(83-89-80(59-36-18-6-19-37-59)86-81(90-83)60-38-20-7-21-39-60)50-64(53-76(77)91-72-42-24-22-40-65(72)66-41-23-25-43-73(66)91)82-87-78(57-32-14-4-15-33-57)85-79(88-82)58-34-16-5-17-35-58/h1-53H. The lowest BCUT2D eigenvalue weighted by Crippen LogP contribution is -2.09. The Morgan fingerprint density at radius 1 is 0.185 bits per heavy atom. The van der Waals surface area contributed by atoms with Gasteiger partial charge < -0.3 is 9.13 Å². The largest absolute Gasteiger partial charge is 0.307 e. The van der Waals surface area contributed by atoms with E-state index in [4.69, 9.17) is 34.9 Å². The predicted octanol–water partition coefficient (Wildman–Crippen LogP) is 20.3. The molecular formula is C83H53N9. The second-order valence-corrected chi connectivity index (χ2v) is 22.9. The number of nitrogens with zero attached hydrogens (tertiary/aromatic N) is 9. The molecule has 0 fully saturated rings. The summed E-state index contributed by atoms with van der Waals surface area (Å²) < 4.78 is 4.84. The maximum absolute atomic E-state index is 5.61. The van der Waals surface area contributed by atoms with Gasteiger partial charge in [0.05, 0.1) is 44.8 Å². The number of rotatable bonds is 12. The first-order valence-corrected chi connectivity index (χ1v) is 30.8. The highest BCUT2D eigenvalue weighted by Gasteiger charge is 2.28. The lowest BCUT2D eigenvalue weighted by molar-refractivity contribution is 1.04. The van der Waals surface area contributed by atoms with E-state index in [2.05, 4.69) is 221 Å². The third kappa shape index (κ3) is 9.74. The van der Waals surface area contributed by atoms with Gasteiger partial charge in [0.2, 0.25) is 0 Å². The number of fused-ring (bicyclic) bond motifs is 6. The summed E-state index contributed by atoms with van der Waals surface area (Å²) in [6, 6.07) is 112. The molecule has 12 aromatic carbocycles. The molecule has 0 N–H and O–H groups in total. The highest BCUT2D eigenvalue weighted by atomic mass is 15.1. The first-order valence-electron chi connectivity index (χ1n) is 30.8. The summed E-state index contributed by atoms with van der Waals surface area (Å²) in [7, 11) is 0. The average molecular weight is 1180 g/mol. The van der Waals surface area contributed by atoms with Crippen LogP contribution in [0.1, 0.15) is 0 Å². The average Bonchev–Trinajstić information content (AvgIpc) is 1.59. The van der Waals surface area contributed by atoms with E-state index in [1.165, 1.54) is 0 Å². The maximum Gasteiger partial charge on any atom is 0.166 e. The van der Waals surface area contributed by atoms with E-state index in [0.717, 1.165) is 133 Å². The fourth-order valence-corrected chi connectivity index (χ4v) is 12.8. The first-order chi connectivity index (χ1) is 45.6. The van der Waals surface area contributed by atoms with Crippen molar-refractivity contribution in [3.63, 3.8) is 0 Å². The molecule has 0 saturated carbocycles. The number of pyridine rings is 1. The van der Waals surface area contributed by atoms with Crippen molar-refractivity contribution in [3.05, 3.63) is 322 Å². The van der Waals surface area contributed by atoms with E-state index >= 15 is 0 Å². The van der Waals surface area contributed by atoms with E-state index in [1.807, 2.05) is 109 Å². The number of hydrogen-bond acceptors (Lipinski definition) is 7. The van der Waals surface area contributed by atoms with E-state index in [1.54, 1.807) is 0 Å². The summed E-state index contributed by atoms with van der Waals surface area (Å²) in [6.45, 7) is 0. The van der Waals surface area contributed by atoms with Gasteiger partial charge in [-0.05, 0) is 82.9 Å².